The van der Waals surface area contributed by atoms with Gasteiger partial charge in [0.15, 0.2) is 0 Å². The molecule has 0 saturated carbocycles. The van der Waals surface area contributed by atoms with Crippen molar-refractivity contribution in [2.75, 3.05) is 17.9 Å². The monoisotopic (exact) mass is 306 g/mol. The van der Waals surface area contributed by atoms with E-state index in [4.69, 9.17) is 10.5 Å². The Hall–Kier alpha value is -2.05. The fraction of sp³-hybridized carbons (Fsp3) is 0.200. The summed E-state index contributed by atoms with van der Waals surface area (Å²) in [6.45, 7) is 2.59. The van der Waals surface area contributed by atoms with Crippen LogP contribution in [0.4, 0.5) is 5.69 Å². The first-order chi connectivity index (χ1) is 10.0. The molecule has 0 spiro atoms. The zero-order chi connectivity index (χ0) is 15.3. The van der Waals surface area contributed by atoms with E-state index >= 15 is 0 Å². The third-order valence-corrected chi connectivity index (χ3v) is 4.22. The maximum Gasteiger partial charge on any atom is 0.262 e. The molecule has 2 aromatic rings. The highest BCUT2D eigenvalue weighted by atomic mass is 32.2. The van der Waals surface area contributed by atoms with Crippen molar-refractivity contribution in [3.8, 4) is 5.75 Å². The second kappa shape index (κ2) is 6.60. The molecule has 112 valence electrons. The first kappa shape index (κ1) is 15.3. The molecule has 21 heavy (non-hydrogen) atoms. The van der Waals surface area contributed by atoms with Gasteiger partial charge in [0, 0.05) is 6.54 Å². The molecule has 0 fully saturated rings. The van der Waals surface area contributed by atoms with E-state index in [1.807, 2.05) is 6.92 Å². The largest absolute Gasteiger partial charge is 0.490 e. The molecule has 0 heterocycles. The standard InChI is InChI=1S/C15H18N2O3S/c1-12-6-8-13(9-7-12)21(18,19)17-14-4-2-3-5-15(14)20-11-10-16/h2-9,17H,10-11,16H2,1H3. The smallest absolute Gasteiger partial charge is 0.262 e. The van der Waals surface area contributed by atoms with Crippen LogP contribution in [0.15, 0.2) is 53.4 Å². The summed E-state index contributed by atoms with van der Waals surface area (Å²) in [6, 6.07) is 13.5. The Labute approximate surface area is 124 Å². The zero-order valence-corrected chi connectivity index (χ0v) is 12.6. The van der Waals surface area contributed by atoms with Crippen molar-refractivity contribution in [2.24, 2.45) is 5.73 Å². The average molecular weight is 306 g/mol. The third kappa shape index (κ3) is 3.96. The van der Waals surface area contributed by atoms with Crippen LogP contribution in [-0.2, 0) is 10.0 Å². The van der Waals surface area contributed by atoms with Crippen molar-refractivity contribution in [3.63, 3.8) is 0 Å². The Balaban J connectivity index is 2.26. The van der Waals surface area contributed by atoms with Crippen LogP contribution in [0.3, 0.4) is 0 Å². The lowest BCUT2D eigenvalue weighted by Crippen LogP contribution is -2.15. The number of nitrogens with one attached hydrogen (secondary N) is 1. The van der Waals surface area contributed by atoms with Crippen LogP contribution in [0, 0.1) is 6.92 Å². The number of hydrogen-bond acceptors (Lipinski definition) is 4. The van der Waals surface area contributed by atoms with Gasteiger partial charge in [0.25, 0.3) is 10.0 Å². The van der Waals surface area contributed by atoms with Gasteiger partial charge in [-0.2, -0.15) is 0 Å². The summed E-state index contributed by atoms with van der Waals surface area (Å²) in [6.07, 6.45) is 0. The lowest BCUT2D eigenvalue weighted by Gasteiger charge is -2.13. The number of benzene rings is 2. The van der Waals surface area contributed by atoms with Crippen LogP contribution in [0.1, 0.15) is 5.56 Å². The molecule has 0 aliphatic heterocycles. The van der Waals surface area contributed by atoms with Crippen molar-refractivity contribution >= 4 is 15.7 Å². The molecule has 0 saturated heterocycles. The van der Waals surface area contributed by atoms with Crippen molar-refractivity contribution in [1.29, 1.82) is 0 Å². The molecule has 5 nitrogen and oxygen atoms in total. The number of anilines is 1. The third-order valence-electron chi connectivity index (χ3n) is 2.84. The van der Waals surface area contributed by atoms with Gasteiger partial charge in [0.05, 0.1) is 10.6 Å². The summed E-state index contributed by atoms with van der Waals surface area (Å²) < 4.78 is 32.7. The molecule has 2 aromatic carbocycles. The predicted molar refractivity (Wildman–Crippen MR) is 83.0 cm³/mol. The lowest BCUT2D eigenvalue weighted by molar-refractivity contribution is 0.330. The minimum Gasteiger partial charge on any atom is -0.490 e. The van der Waals surface area contributed by atoms with E-state index in [-0.39, 0.29) is 4.90 Å². The summed E-state index contributed by atoms with van der Waals surface area (Å²) >= 11 is 0. The van der Waals surface area contributed by atoms with E-state index in [1.165, 1.54) is 0 Å². The number of para-hydroxylation sites is 2. The summed E-state index contributed by atoms with van der Waals surface area (Å²) in [4.78, 5) is 0.210. The Kier molecular flexibility index (Phi) is 4.82. The van der Waals surface area contributed by atoms with Gasteiger partial charge < -0.3 is 10.5 Å². The number of hydrogen-bond donors (Lipinski definition) is 2. The SMILES string of the molecule is Cc1ccc(S(=O)(=O)Nc2ccccc2OCCN)cc1. The number of rotatable bonds is 6. The van der Waals surface area contributed by atoms with E-state index < -0.39 is 10.0 Å². The molecular formula is C15H18N2O3S. The normalized spacial score (nSPS) is 11.1. The molecule has 2 rings (SSSR count). The maximum atomic E-state index is 12.3. The second-order valence-electron chi connectivity index (χ2n) is 4.55. The molecule has 3 N–H and O–H groups in total. The number of aryl methyl sites for hydroxylation is 1. The van der Waals surface area contributed by atoms with Gasteiger partial charge in [0.1, 0.15) is 12.4 Å². The highest BCUT2D eigenvalue weighted by Gasteiger charge is 2.16. The molecule has 0 unspecified atom stereocenters. The van der Waals surface area contributed by atoms with E-state index in [0.29, 0.717) is 24.6 Å². The summed E-state index contributed by atoms with van der Waals surface area (Å²) in [5, 5.41) is 0. The molecule has 0 aliphatic carbocycles. The molecule has 0 atom stereocenters. The van der Waals surface area contributed by atoms with Crippen LogP contribution in [0.5, 0.6) is 5.75 Å². The van der Waals surface area contributed by atoms with Gasteiger partial charge >= 0.3 is 0 Å². The number of ether oxygens (including phenoxy) is 1. The van der Waals surface area contributed by atoms with E-state index in [2.05, 4.69) is 4.72 Å². The van der Waals surface area contributed by atoms with E-state index in [0.717, 1.165) is 5.56 Å². The van der Waals surface area contributed by atoms with Crippen LogP contribution < -0.4 is 15.2 Å². The Morgan fingerprint density at radius 1 is 1.10 bits per heavy atom. The van der Waals surface area contributed by atoms with Gasteiger partial charge in [-0.25, -0.2) is 8.42 Å². The Morgan fingerprint density at radius 2 is 1.76 bits per heavy atom. The molecule has 0 bridgehead atoms. The molecule has 0 aromatic heterocycles. The highest BCUT2D eigenvalue weighted by Crippen LogP contribution is 2.26. The first-order valence-electron chi connectivity index (χ1n) is 6.54. The lowest BCUT2D eigenvalue weighted by atomic mass is 10.2. The summed E-state index contributed by atoms with van der Waals surface area (Å²) in [5.74, 6) is 0.457. The van der Waals surface area contributed by atoms with Crippen LogP contribution in [0.25, 0.3) is 0 Å². The topological polar surface area (TPSA) is 81.4 Å². The average Bonchev–Trinajstić information content (AvgIpc) is 2.46. The van der Waals surface area contributed by atoms with Crippen molar-refractivity contribution in [2.45, 2.75) is 11.8 Å². The zero-order valence-electron chi connectivity index (χ0n) is 11.7. The van der Waals surface area contributed by atoms with Crippen molar-refractivity contribution in [3.05, 3.63) is 54.1 Å². The molecule has 0 amide bonds. The van der Waals surface area contributed by atoms with Gasteiger partial charge in [-0.05, 0) is 31.2 Å². The van der Waals surface area contributed by atoms with Gasteiger partial charge in [-0.1, -0.05) is 29.8 Å². The number of nitrogens with two attached hydrogens (primary N) is 1. The fourth-order valence-corrected chi connectivity index (χ4v) is 2.84. The Morgan fingerprint density at radius 3 is 2.43 bits per heavy atom. The highest BCUT2D eigenvalue weighted by molar-refractivity contribution is 7.92. The second-order valence-corrected chi connectivity index (χ2v) is 6.23. The molecular weight excluding hydrogens is 288 g/mol. The minimum absolute atomic E-state index is 0.210. The van der Waals surface area contributed by atoms with Gasteiger partial charge in [-0.15, -0.1) is 0 Å². The summed E-state index contributed by atoms with van der Waals surface area (Å²) in [7, 11) is -3.64. The van der Waals surface area contributed by atoms with Crippen LogP contribution in [-0.4, -0.2) is 21.6 Å². The first-order valence-corrected chi connectivity index (χ1v) is 8.02. The van der Waals surface area contributed by atoms with E-state index in [9.17, 15) is 8.42 Å². The van der Waals surface area contributed by atoms with Crippen LogP contribution >= 0.6 is 0 Å². The molecule has 6 heteroatoms. The maximum absolute atomic E-state index is 12.3. The van der Waals surface area contributed by atoms with Gasteiger partial charge in [-0.3, -0.25) is 4.72 Å². The summed E-state index contributed by atoms with van der Waals surface area (Å²) in [5.41, 5.74) is 6.79. The minimum atomic E-state index is -3.64. The Bertz CT molecular complexity index is 697. The van der Waals surface area contributed by atoms with Crippen molar-refractivity contribution in [1.82, 2.24) is 0 Å². The quantitative estimate of drug-likeness (QED) is 0.856. The molecule has 0 radical (unpaired) electrons. The van der Waals surface area contributed by atoms with Crippen molar-refractivity contribution < 1.29 is 13.2 Å². The van der Waals surface area contributed by atoms with Gasteiger partial charge in [0.2, 0.25) is 0 Å². The number of sulfonamides is 1. The van der Waals surface area contributed by atoms with E-state index in [1.54, 1.807) is 48.5 Å². The predicted octanol–water partition coefficient (Wildman–Crippen LogP) is 2.13. The molecule has 0 aliphatic rings. The fourth-order valence-electron chi connectivity index (χ4n) is 1.77. The van der Waals surface area contributed by atoms with Crippen LogP contribution in [0.2, 0.25) is 0 Å².